The van der Waals surface area contributed by atoms with Gasteiger partial charge in [0.2, 0.25) is 0 Å². The Hall–Kier alpha value is -0.820. The van der Waals surface area contributed by atoms with Crippen molar-refractivity contribution in [3.8, 4) is 0 Å². The van der Waals surface area contributed by atoms with Crippen molar-refractivity contribution in [2.24, 2.45) is 5.92 Å². The lowest BCUT2D eigenvalue weighted by Gasteiger charge is -2.18. The second kappa shape index (κ2) is 5.68. The zero-order valence-electron chi connectivity index (χ0n) is 11.1. The lowest BCUT2D eigenvalue weighted by atomic mass is 9.92. The van der Waals surface area contributed by atoms with E-state index in [4.69, 9.17) is 0 Å². The van der Waals surface area contributed by atoms with Crippen LogP contribution in [-0.4, -0.2) is 5.11 Å². The predicted molar refractivity (Wildman–Crippen MR) is 72.1 cm³/mol. The van der Waals surface area contributed by atoms with Crippen molar-refractivity contribution < 1.29 is 5.11 Å². The van der Waals surface area contributed by atoms with Crippen LogP contribution in [0.4, 0.5) is 0 Å². The molecule has 94 valence electrons. The van der Waals surface area contributed by atoms with Crippen molar-refractivity contribution >= 4 is 0 Å². The van der Waals surface area contributed by atoms with Gasteiger partial charge in [-0.15, -0.1) is 0 Å². The summed E-state index contributed by atoms with van der Waals surface area (Å²) in [5.41, 5.74) is 3.61. The van der Waals surface area contributed by atoms with Gasteiger partial charge in [-0.3, -0.25) is 0 Å². The maximum atomic E-state index is 10.3. The van der Waals surface area contributed by atoms with Crippen LogP contribution < -0.4 is 0 Å². The van der Waals surface area contributed by atoms with Crippen molar-refractivity contribution in [2.75, 3.05) is 0 Å². The minimum Gasteiger partial charge on any atom is -0.388 e. The van der Waals surface area contributed by atoms with Crippen LogP contribution in [0.5, 0.6) is 0 Å². The van der Waals surface area contributed by atoms with Gasteiger partial charge in [0.15, 0.2) is 0 Å². The zero-order valence-corrected chi connectivity index (χ0v) is 11.1. The molecule has 17 heavy (non-hydrogen) atoms. The third-order valence-electron chi connectivity index (χ3n) is 4.20. The molecule has 0 spiro atoms. The number of aliphatic hydroxyl groups excluding tert-OH is 1. The molecule has 2 rings (SSSR count). The van der Waals surface area contributed by atoms with Gasteiger partial charge < -0.3 is 5.11 Å². The first-order valence-corrected chi connectivity index (χ1v) is 6.92. The van der Waals surface area contributed by atoms with Crippen LogP contribution in [0.1, 0.15) is 61.3 Å². The normalized spacial score (nSPS) is 18.5. The van der Waals surface area contributed by atoms with Crippen molar-refractivity contribution in [1.82, 2.24) is 0 Å². The topological polar surface area (TPSA) is 20.2 Å². The fraction of sp³-hybridized carbons (Fsp3) is 0.625. The molecule has 1 heteroatoms. The van der Waals surface area contributed by atoms with Gasteiger partial charge in [0.25, 0.3) is 0 Å². The summed E-state index contributed by atoms with van der Waals surface area (Å²) < 4.78 is 0. The predicted octanol–water partition coefficient (Wildman–Crippen LogP) is 4.31. The van der Waals surface area contributed by atoms with Gasteiger partial charge in [0.05, 0.1) is 6.10 Å². The summed E-state index contributed by atoms with van der Waals surface area (Å²) in [6.07, 6.45) is 7.38. The Morgan fingerprint density at radius 2 is 1.76 bits per heavy atom. The smallest absolute Gasteiger partial charge is 0.0795 e. The van der Waals surface area contributed by atoms with Gasteiger partial charge in [0.1, 0.15) is 0 Å². The Morgan fingerprint density at radius 1 is 1.18 bits per heavy atom. The molecule has 1 unspecified atom stereocenters. The highest BCUT2D eigenvalue weighted by atomic mass is 16.3. The average Bonchev–Trinajstić information content (AvgIpc) is 2.79. The number of benzene rings is 1. The first kappa shape index (κ1) is 12.6. The molecule has 0 aliphatic heterocycles. The monoisotopic (exact) mass is 232 g/mol. The zero-order chi connectivity index (χ0) is 12.3. The van der Waals surface area contributed by atoms with Gasteiger partial charge in [-0.25, -0.2) is 0 Å². The summed E-state index contributed by atoms with van der Waals surface area (Å²) in [7, 11) is 0. The molecule has 0 heterocycles. The third kappa shape index (κ3) is 3.10. The third-order valence-corrected chi connectivity index (χ3v) is 4.20. The highest BCUT2D eigenvalue weighted by Crippen LogP contribution is 2.32. The lowest BCUT2D eigenvalue weighted by Crippen LogP contribution is -2.05. The lowest BCUT2D eigenvalue weighted by molar-refractivity contribution is 0.155. The molecule has 1 nitrogen and oxygen atoms in total. The molecule has 0 aromatic heterocycles. The molecule has 0 bridgehead atoms. The van der Waals surface area contributed by atoms with Gasteiger partial charge >= 0.3 is 0 Å². The summed E-state index contributed by atoms with van der Waals surface area (Å²) in [5.74, 6) is 0.869. The highest BCUT2D eigenvalue weighted by Gasteiger charge is 2.18. The highest BCUT2D eigenvalue weighted by molar-refractivity contribution is 5.35. The fourth-order valence-corrected chi connectivity index (χ4v) is 3.19. The van der Waals surface area contributed by atoms with Crippen LogP contribution in [0.3, 0.4) is 0 Å². The summed E-state index contributed by atoms with van der Waals surface area (Å²) in [4.78, 5) is 0. The fourth-order valence-electron chi connectivity index (χ4n) is 3.19. The second-order valence-corrected chi connectivity index (χ2v) is 5.55. The van der Waals surface area contributed by atoms with Gasteiger partial charge in [0, 0.05) is 0 Å². The van der Waals surface area contributed by atoms with Crippen molar-refractivity contribution in [3.05, 3.63) is 34.9 Å². The van der Waals surface area contributed by atoms with E-state index in [0.29, 0.717) is 0 Å². The molecular weight excluding hydrogens is 208 g/mol. The number of aliphatic hydroxyl groups is 1. The number of hydrogen-bond acceptors (Lipinski definition) is 1. The van der Waals surface area contributed by atoms with E-state index >= 15 is 0 Å². The minimum absolute atomic E-state index is 0.267. The van der Waals surface area contributed by atoms with E-state index < -0.39 is 0 Å². The van der Waals surface area contributed by atoms with Crippen LogP contribution in [0.15, 0.2) is 18.2 Å². The van der Waals surface area contributed by atoms with Gasteiger partial charge in [-0.05, 0) is 49.3 Å². The van der Waals surface area contributed by atoms with E-state index in [1.165, 1.54) is 43.2 Å². The standard InChI is InChI=1S/C16H24O/c1-12-6-5-7-13(2)16(12)15(17)11-10-14-8-3-4-9-14/h5-7,14-15,17H,3-4,8-11H2,1-2H3. The maximum Gasteiger partial charge on any atom is 0.0795 e. The van der Waals surface area contributed by atoms with Crippen molar-refractivity contribution in [3.63, 3.8) is 0 Å². The SMILES string of the molecule is Cc1cccc(C)c1C(O)CCC1CCCC1. The molecule has 1 aliphatic carbocycles. The minimum atomic E-state index is -0.267. The van der Waals surface area contributed by atoms with E-state index in [1.807, 2.05) is 0 Å². The molecule has 1 aromatic carbocycles. The van der Waals surface area contributed by atoms with Crippen LogP contribution in [0.25, 0.3) is 0 Å². The largest absolute Gasteiger partial charge is 0.388 e. The van der Waals surface area contributed by atoms with Crippen LogP contribution in [0, 0.1) is 19.8 Å². The van der Waals surface area contributed by atoms with E-state index in [-0.39, 0.29) is 6.10 Å². The summed E-state index contributed by atoms with van der Waals surface area (Å²) in [5, 5.41) is 10.3. The molecule has 1 aliphatic rings. The van der Waals surface area contributed by atoms with E-state index in [2.05, 4.69) is 32.0 Å². The molecule has 0 saturated heterocycles. The van der Waals surface area contributed by atoms with E-state index in [1.54, 1.807) is 0 Å². The Balaban J connectivity index is 1.96. The maximum absolute atomic E-state index is 10.3. The summed E-state index contributed by atoms with van der Waals surface area (Å²) in [6.45, 7) is 4.20. The van der Waals surface area contributed by atoms with E-state index in [9.17, 15) is 5.11 Å². The first-order chi connectivity index (χ1) is 8.18. The molecule has 1 fully saturated rings. The molecular formula is C16H24O. The Bertz CT molecular complexity index is 344. The number of aryl methyl sites for hydroxylation is 2. The molecule has 0 radical (unpaired) electrons. The Kier molecular flexibility index (Phi) is 4.22. The number of hydrogen-bond donors (Lipinski definition) is 1. The quantitative estimate of drug-likeness (QED) is 0.820. The molecule has 1 aromatic rings. The first-order valence-electron chi connectivity index (χ1n) is 6.92. The van der Waals surface area contributed by atoms with Crippen LogP contribution in [0.2, 0.25) is 0 Å². The molecule has 1 saturated carbocycles. The van der Waals surface area contributed by atoms with Gasteiger partial charge in [-0.2, -0.15) is 0 Å². The average molecular weight is 232 g/mol. The van der Waals surface area contributed by atoms with Crippen molar-refractivity contribution in [1.29, 1.82) is 0 Å². The van der Waals surface area contributed by atoms with Crippen LogP contribution >= 0.6 is 0 Å². The number of rotatable bonds is 4. The van der Waals surface area contributed by atoms with Crippen LogP contribution in [-0.2, 0) is 0 Å². The molecule has 1 N–H and O–H groups in total. The summed E-state index contributed by atoms with van der Waals surface area (Å²) >= 11 is 0. The summed E-state index contributed by atoms with van der Waals surface area (Å²) in [6, 6.07) is 6.26. The van der Waals surface area contributed by atoms with Gasteiger partial charge in [-0.1, -0.05) is 43.9 Å². The Morgan fingerprint density at radius 3 is 2.35 bits per heavy atom. The van der Waals surface area contributed by atoms with Crippen molar-refractivity contribution in [2.45, 2.75) is 58.5 Å². The van der Waals surface area contributed by atoms with E-state index in [0.717, 1.165) is 17.9 Å². The molecule has 1 atom stereocenters. The second-order valence-electron chi connectivity index (χ2n) is 5.55. The molecule has 0 amide bonds. The Labute approximate surface area is 105 Å².